The normalized spacial score (nSPS) is 10.8. The van der Waals surface area contributed by atoms with Gasteiger partial charge in [0.2, 0.25) is 0 Å². The summed E-state index contributed by atoms with van der Waals surface area (Å²) in [5, 5.41) is 0. The van der Waals surface area contributed by atoms with E-state index in [0.29, 0.717) is 24.8 Å². The first kappa shape index (κ1) is 32.7. The fraction of sp³-hybridized carbons (Fsp3) is 0.710. The van der Waals surface area contributed by atoms with Crippen LogP contribution >= 0.6 is 0 Å². The third-order valence-corrected chi connectivity index (χ3v) is 6.42. The van der Waals surface area contributed by atoms with E-state index in [1.54, 1.807) is 19.1 Å². The zero-order chi connectivity index (χ0) is 27.3. The third kappa shape index (κ3) is 15.5. The molecule has 0 heterocycles. The number of rotatable bonds is 21. The highest BCUT2D eigenvalue weighted by Crippen LogP contribution is 2.34. The molecule has 0 aromatic heterocycles. The van der Waals surface area contributed by atoms with Crippen molar-refractivity contribution in [3.05, 3.63) is 17.7 Å². The molecule has 37 heavy (non-hydrogen) atoms. The lowest BCUT2D eigenvalue weighted by Crippen LogP contribution is -2.13. The van der Waals surface area contributed by atoms with Gasteiger partial charge >= 0.3 is 17.9 Å². The van der Waals surface area contributed by atoms with Gasteiger partial charge < -0.3 is 14.2 Å². The van der Waals surface area contributed by atoms with Crippen molar-refractivity contribution >= 4 is 17.9 Å². The van der Waals surface area contributed by atoms with Crippen LogP contribution in [0, 0.1) is 6.92 Å². The molecule has 0 amide bonds. The standard InChI is InChI=1S/C31H50O6/c1-5-8-11-14-17-20-29(32)35-26-23-27(36-30(33)21-18-15-12-9-6-2)25(4)28(24-26)37-31(34)22-19-16-13-10-7-3/h23-24H,5-22H2,1-4H3. The maximum Gasteiger partial charge on any atom is 0.311 e. The largest absolute Gasteiger partial charge is 0.426 e. The van der Waals surface area contributed by atoms with E-state index in [2.05, 4.69) is 20.8 Å². The smallest absolute Gasteiger partial charge is 0.311 e. The van der Waals surface area contributed by atoms with Gasteiger partial charge in [-0.05, 0) is 26.2 Å². The highest BCUT2D eigenvalue weighted by molar-refractivity contribution is 5.77. The summed E-state index contributed by atoms with van der Waals surface area (Å²) in [4.78, 5) is 37.4. The fourth-order valence-corrected chi connectivity index (χ4v) is 4.06. The third-order valence-electron chi connectivity index (χ3n) is 6.42. The van der Waals surface area contributed by atoms with Crippen LogP contribution in [0.4, 0.5) is 0 Å². The molecule has 0 bridgehead atoms. The van der Waals surface area contributed by atoms with Crippen LogP contribution < -0.4 is 14.2 Å². The summed E-state index contributed by atoms with van der Waals surface area (Å²) in [6, 6.07) is 3.09. The van der Waals surface area contributed by atoms with Gasteiger partial charge in [0, 0.05) is 37.0 Å². The summed E-state index contributed by atoms with van der Waals surface area (Å²) in [6.07, 6.45) is 16.4. The zero-order valence-corrected chi connectivity index (χ0v) is 23.8. The molecule has 0 fully saturated rings. The average molecular weight is 519 g/mol. The molecule has 1 aromatic rings. The molecule has 0 saturated heterocycles. The van der Waals surface area contributed by atoms with E-state index in [-0.39, 0.29) is 35.2 Å². The molecule has 0 unspecified atom stereocenters. The maximum atomic E-state index is 12.5. The number of hydrogen-bond donors (Lipinski definition) is 0. The number of carbonyl (C=O) groups excluding carboxylic acids is 3. The van der Waals surface area contributed by atoms with Crippen LogP contribution in [0.3, 0.4) is 0 Å². The second-order valence-corrected chi connectivity index (χ2v) is 9.96. The number of esters is 3. The predicted molar refractivity (Wildman–Crippen MR) is 148 cm³/mol. The van der Waals surface area contributed by atoms with E-state index in [4.69, 9.17) is 14.2 Å². The molecular weight excluding hydrogens is 468 g/mol. The van der Waals surface area contributed by atoms with Crippen molar-refractivity contribution < 1.29 is 28.6 Å². The summed E-state index contributed by atoms with van der Waals surface area (Å²) in [6.45, 7) is 8.20. The average Bonchev–Trinajstić information content (AvgIpc) is 2.86. The van der Waals surface area contributed by atoms with Crippen LogP contribution in [0.25, 0.3) is 0 Å². The minimum Gasteiger partial charge on any atom is -0.426 e. The minimum atomic E-state index is -0.346. The first-order chi connectivity index (χ1) is 17.9. The van der Waals surface area contributed by atoms with Crippen molar-refractivity contribution in [1.82, 2.24) is 0 Å². The number of benzene rings is 1. The van der Waals surface area contributed by atoms with Gasteiger partial charge in [-0.15, -0.1) is 0 Å². The molecule has 1 rings (SSSR count). The van der Waals surface area contributed by atoms with E-state index < -0.39 is 0 Å². The number of ether oxygens (including phenoxy) is 3. The van der Waals surface area contributed by atoms with E-state index in [1.165, 1.54) is 0 Å². The summed E-state index contributed by atoms with van der Waals surface area (Å²) < 4.78 is 16.8. The Morgan fingerprint density at radius 2 is 0.838 bits per heavy atom. The number of hydrogen-bond acceptors (Lipinski definition) is 6. The zero-order valence-electron chi connectivity index (χ0n) is 23.8. The molecule has 0 radical (unpaired) electrons. The molecule has 0 N–H and O–H groups in total. The van der Waals surface area contributed by atoms with Gasteiger partial charge in [0.1, 0.15) is 17.2 Å². The Balaban J connectivity index is 2.84. The lowest BCUT2D eigenvalue weighted by molar-refractivity contribution is -0.135. The first-order valence-corrected chi connectivity index (χ1v) is 14.7. The number of unbranched alkanes of at least 4 members (excludes halogenated alkanes) is 12. The van der Waals surface area contributed by atoms with Crippen LogP contribution in [0.2, 0.25) is 0 Å². The summed E-state index contributed by atoms with van der Waals surface area (Å²) in [7, 11) is 0. The van der Waals surface area contributed by atoms with Gasteiger partial charge in [0.25, 0.3) is 0 Å². The highest BCUT2D eigenvalue weighted by atomic mass is 16.6. The molecule has 6 nitrogen and oxygen atoms in total. The molecule has 6 heteroatoms. The predicted octanol–water partition coefficient (Wildman–Crippen LogP) is 8.79. The Morgan fingerprint density at radius 3 is 1.19 bits per heavy atom. The van der Waals surface area contributed by atoms with Crippen molar-refractivity contribution in [3.63, 3.8) is 0 Å². The van der Waals surface area contributed by atoms with Crippen LogP contribution in [0.15, 0.2) is 12.1 Å². The second-order valence-electron chi connectivity index (χ2n) is 9.96. The quantitative estimate of drug-likeness (QED) is 0.0919. The molecule has 0 atom stereocenters. The van der Waals surface area contributed by atoms with Gasteiger partial charge in [-0.1, -0.05) is 97.8 Å². The molecule has 210 valence electrons. The molecule has 0 aliphatic heterocycles. The lowest BCUT2D eigenvalue weighted by Gasteiger charge is -2.15. The van der Waals surface area contributed by atoms with Crippen LogP contribution in [-0.4, -0.2) is 17.9 Å². The van der Waals surface area contributed by atoms with Gasteiger partial charge in [0.05, 0.1) is 0 Å². The van der Waals surface area contributed by atoms with E-state index in [1.807, 2.05) is 0 Å². The van der Waals surface area contributed by atoms with Crippen molar-refractivity contribution in [2.75, 3.05) is 0 Å². The minimum absolute atomic E-state index is 0.223. The van der Waals surface area contributed by atoms with Crippen LogP contribution in [-0.2, 0) is 14.4 Å². The molecule has 1 aromatic carbocycles. The first-order valence-electron chi connectivity index (χ1n) is 14.7. The Labute approximate surface area is 224 Å². The van der Waals surface area contributed by atoms with E-state index in [9.17, 15) is 14.4 Å². The van der Waals surface area contributed by atoms with Crippen LogP contribution in [0.5, 0.6) is 17.2 Å². The number of carbonyl (C=O) groups is 3. The van der Waals surface area contributed by atoms with Crippen molar-refractivity contribution in [1.29, 1.82) is 0 Å². The van der Waals surface area contributed by atoms with Crippen molar-refractivity contribution in [2.24, 2.45) is 0 Å². The van der Waals surface area contributed by atoms with Gasteiger partial charge in [-0.3, -0.25) is 14.4 Å². The van der Waals surface area contributed by atoms with Gasteiger partial charge in [-0.2, -0.15) is 0 Å². The molecule has 0 spiro atoms. The Hall–Kier alpha value is -2.37. The molecule has 0 saturated carbocycles. The lowest BCUT2D eigenvalue weighted by atomic mass is 10.1. The Bertz CT molecular complexity index is 752. The molecular formula is C31H50O6. The summed E-state index contributed by atoms with van der Waals surface area (Å²) in [5.74, 6) is -0.281. The molecule has 0 aliphatic rings. The van der Waals surface area contributed by atoms with Gasteiger partial charge in [0.15, 0.2) is 0 Å². The molecule has 0 aliphatic carbocycles. The SMILES string of the molecule is CCCCCCCC(=O)Oc1cc(OC(=O)CCCCCCC)c(C)c(OC(=O)CCCCCCC)c1. The van der Waals surface area contributed by atoms with Crippen LogP contribution in [0.1, 0.15) is 142 Å². The topological polar surface area (TPSA) is 78.9 Å². The van der Waals surface area contributed by atoms with Gasteiger partial charge in [-0.25, -0.2) is 0 Å². The maximum absolute atomic E-state index is 12.5. The highest BCUT2D eigenvalue weighted by Gasteiger charge is 2.18. The van der Waals surface area contributed by atoms with Crippen molar-refractivity contribution in [2.45, 2.75) is 143 Å². The summed E-state index contributed by atoms with van der Waals surface area (Å²) >= 11 is 0. The van der Waals surface area contributed by atoms with E-state index >= 15 is 0 Å². The summed E-state index contributed by atoms with van der Waals surface area (Å²) in [5.41, 5.74) is 0.540. The monoisotopic (exact) mass is 518 g/mol. The Kier molecular flexibility index (Phi) is 18.2. The fourth-order valence-electron chi connectivity index (χ4n) is 4.06. The van der Waals surface area contributed by atoms with E-state index in [0.717, 1.165) is 96.3 Å². The Morgan fingerprint density at radius 1 is 0.514 bits per heavy atom. The van der Waals surface area contributed by atoms with Crippen molar-refractivity contribution in [3.8, 4) is 17.2 Å². The second kappa shape index (κ2) is 20.7.